The van der Waals surface area contributed by atoms with E-state index in [0.29, 0.717) is 23.8 Å². The number of hydrogen-bond acceptors (Lipinski definition) is 4. The lowest BCUT2D eigenvalue weighted by molar-refractivity contribution is 0.323. The zero-order valence-electron chi connectivity index (χ0n) is 10.3. The molecule has 1 heterocycles. The van der Waals surface area contributed by atoms with Gasteiger partial charge in [-0.1, -0.05) is 0 Å². The monoisotopic (exact) mass is 255 g/mol. The maximum Gasteiger partial charge on any atom is 0.218 e. The molecule has 1 aromatic heterocycles. The molecule has 17 heavy (non-hydrogen) atoms. The van der Waals surface area contributed by atoms with Crippen LogP contribution in [0.15, 0.2) is 12.4 Å². The number of nitrogens with zero attached hydrogens (tertiary/aromatic N) is 3. The molecule has 0 radical (unpaired) electrons. The van der Waals surface area contributed by atoms with Gasteiger partial charge in [-0.15, -0.1) is 11.6 Å². The zero-order valence-corrected chi connectivity index (χ0v) is 11.0. The summed E-state index contributed by atoms with van der Waals surface area (Å²) < 4.78 is 5.36. The topological polar surface area (TPSA) is 38.2 Å². The Kier molecular flexibility index (Phi) is 4.05. The van der Waals surface area contributed by atoms with E-state index in [1.165, 1.54) is 0 Å². The first kappa shape index (κ1) is 12.4. The molecule has 0 amide bonds. The summed E-state index contributed by atoms with van der Waals surface area (Å²) in [6.45, 7) is 3.56. The van der Waals surface area contributed by atoms with Gasteiger partial charge in [-0.2, -0.15) is 0 Å². The molecule has 5 heteroatoms. The number of alkyl halides is 1. The molecule has 0 aromatic carbocycles. The predicted molar refractivity (Wildman–Crippen MR) is 68.8 cm³/mol. The van der Waals surface area contributed by atoms with E-state index < -0.39 is 0 Å². The van der Waals surface area contributed by atoms with Crippen molar-refractivity contribution in [2.24, 2.45) is 5.92 Å². The predicted octanol–water partition coefficient (Wildman–Crippen LogP) is 2.33. The van der Waals surface area contributed by atoms with Gasteiger partial charge in [-0.25, -0.2) is 9.97 Å². The fourth-order valence-electron chi connectivity index (χ4n) is 2.05. The first-order valence-corrected chi connectivity index (χ1v) is 6.42. The lowest BCUT2D eigenvalue weighted by atomic mass is 9.84. The van der Waals surface area contributed by atoms with Gasteiger partial charge in [0.05, 0.1) is 6.61 Å². The van der Waals surface area contributed by atoms with Crippen molar-refractivity contribution in [1.29, 1.82) is 0 Å². The van der Waals surface area contributed by atoms with E-state index in [0.717, 1.165) is 25.2 Å². The second-order valence-electron chi connectivity index (χ2n) is 4.46. The van der Waals surface area contributed by atoms with Crippen LogP contribution in [0, 0.1) is 5.92 Å². The molecule has 0 spiro atoms. The largest absolute Gasteiger partial charge is 0.478 e. The second kappa shape index (κ2) is 5.54. The van der Waals surface area contributed by atoms with Crippen molar-refractivity contribution in [3.63, 3.8) is 0 Å². The molecule has 1 saturated carbocycles. The van der Waals surface area contributed by atoms with Gasteiger partial charge in [-0.3, -0.25) is 0 Å². The molecule has 1 aromatic rings. The molecule has 4 nitrogen and oxygen atoms in total. The fourth-order valence-corrected chi connectivity index (χ4v) is 2.55. The molecule has 0 unspecified atom stereocenters. The van der Waals surface area contributed by atoms with E-state index in [9.17, 15) is 0 Å². The van der Waals surface area contributed by atoms with Gasteiger partial charge in [0.25, 0.3) is 0 Å². The molecule has 1 fully saturated rings. The van der Waals surface area contributed by atoms with E-state index in [1.54, 1.807) is 6.33 Å². The molecule has 1 aliphatic rings. The van der Waals surface area contributed by atoms with E-state index in [4.69, 9.17) is 16.3 Å². The molecule has 0 N–H and O–H groups in total. The highest BCUT2D eigenvalue weighted by molar-refractivity contribution is 6.21. The Morgan fingerprint density at radius 1 is 1.47 bits per heavy atom. The van der Waals surface area contributed by atoms with Gasteiger partial charge in [-0.05, 0) is 25.7 Å². The lowest BCUT2D eigenvalue weighted by Crippen LogP contribution is -2.35. The number of anilines is 1. The van der Waals surface area contributed by atoms with Crippen molar-refractivity contribution >= 4 is 17.4 Å². The van der Waals surface area contributed by atoms with Gasteiger partial charge >= 0.3 is 0 Å². The third-order valence-corrected chi connectivity index (χ3v) is 3.38. The fraction of sp³-hybridized carbons (Fsp3) is 0.667. The van der Waals surface area contributed by atoms with Crippen molar-refractivity contribution in [3.05, 3.63) is 12.4 Å². The molecular weight excluding hydrogens is 238 g/mol. The Hall–Kier alpha value is -1.03. The van der Waals surface area contributed by atoms with E-state index in [1.807, 2.05) is 20.0 Å². The van der Waals surface area contributed by atoms with Crippen LogP contribution in [0.2, 0.25) is 0 Å². The van der Waals surface area contributed by atoms with Crippen molar-refractivity contribution in [1.82, 2.24) is 9.97 Å². The van der Waals surface area contributed by atoms with Crippen molar-refractivity contribution in [3.8, 4) is 5.88 Å². The number of ether oxygens (including phenoxy) is 1. The Balaban J connectivity index is 1.93. The number of halogens is 1. The lowest BCUT2D eigenvalue weighted by Gasteiger charge is -2.34. The quantitative estimate of drug-likeness (QED) is 0.757. The highest BCUT2D eigenvalue weighted by Gasteiger charge is 2.28. The van der Waals surface area contributed by atoms with Gasteiger partial charge in [0.1, 0.15) is 12.1 Å². The number of hydrogen-bond donors (Lipinski definition) is 0. The van der Waals surface area contributed by atoms with Crippen LogP contribution in [0.3, 0.4) is 0 Å². The normalized spacial score (nSPS) is 23.0. The van der Waals surface area contributed by atoms with E-state index >= 15 is 0 Å². The van der Waals surface area contributed by atoms with Crippen molar-refractivity contribution < 1.29 is 4.74 Å². The van der Waals surface area contributed by atoms with Crippen LogP contribution in [0.25, 0.3) is 0 Å². The summed E-state index contributed by atoms with van der Waals surface area (Å²) in [5.41, 5.74) is 0. The van der Waals surface area contributed by atoms with Crippen LogP contribution in [0.4, 0.5) is 5.82 Å². The summed E-state index contributed by atoms with van der Waals surface area (Å²) >= 11 is 5.98. The third-order valence-electron chi connectivity index (χ3n) is 3.02. The summed E-state index contributed by atoms with van der Waals surface area (Å²) in [4.78, 5) is 10.4. The minimum Gasteiger partial charge on any atom is -0.478 e. The Morgan fingerprint density at radius 3 is 2.88 bits per heavy atom. The zero-order chi connectivity index (χ0) is 12.3. The van der Waals surface area contributed by atoms with Crippen LogP contribution in [0.1, 0.15) is 19.8 Å². The molecular formula is C12H18ClN3O. The average molecular weight is 256 g/mol. The molecule has 0 saturated heterocycles. The van der Waals surface area contributed by atoms with Crippen LogP contribution >= 0.6 is 11.6 Å². The average Bonchev–Trinajstić information content (AvgIpc) is 2.28. The molecule has 0 atom stereocenters. The Labute approximate surface area is 107 Å². The van der Waals surface area contributed by atoms with Gasteiger partial charge in [0, 0.05) is 25.0 Å². The van der Waals surface area contributed by atoms with E-state index in [-0.39, 0.29) is 0 Å². The third kappa shape index (κ3) is 3.22. The second-order valence-corrected chi connectivity index (χ2v) is 5.08. The van der Waals surface area contributed by atoms with Crippen LogP contribution in [-0.4, -0.2) is 35.5 Å². The van der Waals surface area contributed by atoms with Crippen LogP contribution in [-0.2, 0) is 0 Å². The highest BCUT2D eigenvalue weighted by atomic mass is 35.5. The molecule has 1 aliphatic carbocycles. The maximum atomic E-state index is 5.98. The molecule has 0 aliphatic heterocycles. The standard InChI is InChI=1S/C12H18ClN3O/c1-3-17-12-6-11(14-8-15-12)16(2)7-9-4-10(13)5-9/h6,8-10H,3-5,7H2,1-2H3. The van der Waals surface area contributed by atoms with Gasteiger partial charge in [0.15, 0.2) is 0 Å². The highest BCUT2D eigenvalue weighted by Crippen LogP contribution is 2.33. The first-order valence-electron chi connectivity index (χ1n) is 5.99. The van der Waals surface area contributed by atoms with Gasteiger partial charge < -0.3 is 9.64 Å². The number of rotatable bonds is 5. The van der Waals surface area contributed by atoms with Crippen molar-refractivity contribution in [2.45, 2.75) is 25.1 Å². The van der Waals surface area contributed by atoms with Crippen LogP contribution in [0.5, 0.6) is 5.88 Å². The summed E-state index contributed by atoms with van der Waals surface area (Å²) in [5, 5.41) is 0.373. The maximum absolute atomic E-state index is 5.98. The Bertz CT molecular complexity index is 369. The summed E-state index contributed by atoms with van der Waals surface area (Å²) in [7, 11) is 2.04. The molecule has 0 bridgehead atoms. The molecule has 94 valence electrons. The SMILES string of the molecule is CCOc1cc(N(C)CC2CC(Cl)C2)ncn1. The summed E-state index contributed by atoms with van der Waals surface area (Å²) in [5.74, 6) is 2.22. The number of aromatic nitrogens is 2. The summed E-state index contributed by atoms with van der Waals surface area (Å²) in [6, 6.07) is 1.88. The smallest absolute Gasteiger partial charge is 0.218 e. The minimum absolute atomic E-state index is 0.373. The van der Waals surface area contributed by atoms with Gasteiger partial charge in [0.2, 0.25) is 5.88 Å². The molecule has 2 rings (SSSR count). The minimum atomic E-state index is 0.373. The van der Waals surface area contributed by atoms with Crippen LogP contribution < -0.4 is 9.64 Å². The first-order chi connectivity index (χ1) is 8.19. The summed E-state index contributed by atoms with van der Waals surface area (Å²) in [6.07, 6.45) is 3.76. The Morgan fingerprint density at radius 2 is 2.24 bits per heavy atom. The van der Waals surface area contributed by atoms with Crippen molar-refractivity contribution in [2.75, 3.05) is 25.1 Å². The van der Waals surface area contributed by atoms with E-state index in [2.05, 4.69) is 14.9 Å².